The van der Waals surface area contributed by atoms with Crippen LogP contribution in [-0.4, -0.2) is 72.8 Å². The summed E-state index contributed by atoms with van der Waals surface area (Å²) >= 11 is 0. The molecule has 1 amide bonds. The molecule has 3 aromatic rings. The monoisotopic (exact) mass is 535 g/mol. The van der Waals surface area contributed by atoms with Crippen molar-refractivity contribution in [3.8, 4) is 16.9 Å². The van der Waals surface area contributed by atoms with E-state index < -0.39 is 12.5 Å². The van der Waals surface area contributed by atoms with Gasteiger partial charge in [0.25, 0.3) is 5.91 Å². The summed E-state index contributed by atoms with van der Waals surface area (Å²) in [5, 5.41) is 8.82. The molecular weight excluding hydrogens is 496 g/mol. The number of carbonyl (C=O) groups excluding carboxylic acids is 1. The molecule has 0 saturated carbocycles. The quantitative estimate of drug-likeness (QED) is 0.263. The Morgan fingerprint density at radius 1 is 0.974 bits per heavy atom. The van der Waals surface area contributed by atoms with Gasteiger partial charge < -0.3 is 23.9 Å². The molecule has 1 saturated heterocycles. The Morgan fingerprint density at radius 3 is 2.51 bits per heavy atom. The van der Waals surface area contributed by atoms with Crippen molar-refractivity contribution in [3.05, 3.63) is 78.3 Å². The molecule has 0 bridgehead atoms. The average Bonchev–Trinajstić information content (AvgIpc) is 3.52. The minimum Gasteiger partial charge on any atom is -0.493 e. The third kappa shape index (κ3) is 8.97. The van der Waals surface area contributed by atoms with Crippen LogP contribution in [0, 0.1) is 0 Å². The highest BCUT2D eigenvalue weighted by atomic mass is 16.5. The Kier molecular flexibility index (Phi) is 10.4. The average molecular weight is 536 g/mol. The Morgan fingerprint density at radius 2 is 1.77 bits per heavy atom. The van der Waals surface area contributed by atoms with Crippen LogP contribution >= 0.6 is 0 Å². The van der Waals surface area contributed by atoms with Gasteiger partial charge in [-0.3, -0.25) is 14.5 Å². The lowest BCUT2D eigenvalue weighted by Gasteiger charge is -2.29. The molecule has 208 valence electrons. The van der Waals surface area contributed by atoms with Gasteiger partial charge in [-0.2, -0.15) is 0 Å². The third-order valence-electron chi connectivity index (χ3n) is 6.75. The van der Waals surface area contributed by atoms with E-state index in [2.05, 4.69) is 4.90 Å². The molecule has 4 rings (SSSR count). The minimum absolute atomic E-state index is 0.159. The summed E-state index contributed by atoms with van der Waals surface area (Å²) in [5.41, 5.74) is 3.25. The molecule has 2 heterocycles. The zero-order valence-corrected chi connectivity index (χ0v) is 22.3. The summed E-state index contributed by atoms with van der Waals surface area (Å²) in [6.45, 7) is 3.72. The second-order valence-electron chi connectivity index (χ2n) is 9.61. The van der Waals surface area contributed by atoms with Crippen LogP contribution in [0.4, 0.5) is 0 Å². The standard InChI is InChI=1S/C31H38N2O6/c34-30(35)9-2-1-5-19-39-29-8-4-3-7-27(29)23-33(16-6-15-32-17-21-37-22-18-32)31(36)26-12-10-25(11-13-26)28-14-20-38-24-28/h3-4,7-8,10-14,20,24H,1-2,5-6,9,15-19,21-23H2,(H,34,35)/i16D. The lowest BCUT2D eigenvalue weighted by Crippen LogP contribution is -2.39. The molecule has 1 atom stereocenters. The van der Waals surface area contributed by atoms with Crippen LogP contribution in [-0.2, 0) is 16.1 Å². The van der Waals surface area contributed by atoms with Gasteiger partial charge in [0.15, 0.2) is 0 Å². The lowest BCUT2D eigenvalue weighted by atomic mass is 10.1. The molecule has 1 aliphatic rings. The van der Waals surface area contributed by atoms with Gasteiger partial charge in [0.05, 0.1) is 32.3 Å². The fourth-order valence-corrected chi connectivity index (χ4v) is 4.54. The number of morpholine rings is 1. The van der Waals surface area contributed by atoms with Crippen molar-refractivity contribution in [1.29, 1.82) is 0 Å². The number of aliphatic carboxylic acids is 1. The van der Waals surface area contributed by atoms with E-state index in [-0.39, 0.29) is 18.9 Å². The van der Waals surface area contributed by atoms with Crippen LogP contribution in [0.5, 0.6) is 5.75 Å². The van der Waals surface area contributed by atoms with E-state index in [1.807, 2.05) is 42.5 Å². The molecule has 1 fully saturated rings. The Bertz CT molecular complexity index is 1190. The van der Waals surface area contributed by atoms with E-state index in [0.717, 1.165) is 49.2 Å². The number of ether oxygens (including phenoxy) is 2. The molecule has 0 radical (unpaired) electrons. The summed E-state index contributed by atoms with van der Waals surface area (Å²) in [4.78, 5) is 28.4. The molecule has 8 heteroatoms. The maximum Gasteiger partial charge on any atom is 0.303 e. The molecule has 8 nitrogen and oxygen atoms in total. The van der Waals surface area contributed by atoms with Crippen molar-refractivity contribution in [3.63, 3.8) is 0 Å². The van der Waals surface area contributed by atoms with E-state index in [1.165, 1.54) is 0 Å². The first-order chi connectivity index (χ1) is 19.5. The molecule has 39 heavy (non-hydrogen) atoms. The van der Waals surface area contributed by atoms with Crippen LogP contribution < -0.4 is 4.74 Å². The van der Waals surface area contributed by atoms with Crippen molar-refractivity contribution in [2.75, 3.05) is 46.0 Å². The first-order valence-electron chi connectivity index (χ1n) is 14.2. The van der Waals surface area contributed by atoms with Gasteiger partial charge in [0.2, 0.25) is 0 Å². The molecule has 0 aliphatic carbocycles. The number of carboxylic acid groups (broad SMARTS) is 1. The largest absolute Gasteiger partial charge is 0.493 e. The van der Waals surface area contributed by atoms with Crippen LogP contribution in [0.15, 0.2) is 71.5 Å². The molecular formula is C31H38N2O6. The van der Waals surface area contributed by atoms with Gasteiger partial charge in [-0.25, -0.2) is 0 Å². The lowest BCUT2D eigenvalue weighted by molar-refractivity contribution is -0.137. The first-order valence-corrected chi connectivity index (χ1v) is 13.6. The summed E-state index contributed by atoms with van der Waals surface area (Å²) in [7, 11) is 0. The smallest absolute Gasteiger partial charge is 0.303 e. The van der Waals surface area contributed by atoms with E-state index in [0.29, 0.717) is 44.0 Å². The van der Waals surface area contributed by atoms with Gasteiger partial charge >= 0.3 is 5.97 Å². The highest BCUT2D eigenvalue weighted by molar-refractivity contribution is 5.94. The van der Waals surface area contributed by atoms with Crippen LogP contribution in [0.2, 0.25) is 0 Å². The maximum absolute atomic E-state index is 13.8. The van der Waals surface area contributed by atoms with Crippen LogP contribution in [0.1, 0.15) is 49.4 Å². The van der Waals surface area contributed by atoms with Gasteiger partial charge in [-0.15, -0.1) is 0 Å². The van der Waals surface area contributed by atoms with Gasteiger partial charge in [0, 0.05) is 57.2 Å². The fraction of sp³-hybridized carbons (Fsp3) is 0.419. The number of nitrogens with zero attached hydrogens (tertiary/aromatic N) is 2. The fourth-order valence-electron chi connectivity index (χ4n) is 4.54. The Labute approximate surface area is 231 Å². The second kappa shape index (κ2) is 15.1. The summed E-state index contributed by atoms with van der Waals surface area (Å²) in [6.07, 6.45) is 6.09. The maximum atomic E-state index is 13.8. The second-order valence-corrected chi connectivity index (χ2v) is 9.61. The number of benzene rings is 2. The highest BCUT2D eigenvalue weighted by Gasteiger charge is 2.19. The molecule has 1 unspecified atom stereocenters. The van der Waals surface area contributed by atoms with Crippen LogP contribution in [0.25, 0.3) is 11.1 Å². The number of carboxylic acids is 1. The summed E-state index contributed by atoms with van der Waals surface area (Å²) in [6, 6.07) is 16.9. The molecule has 1 N–H and O–H groups in total. The summed E-state index contributed by atoms with van der Waals surface area (Å²) < 4.78 is 25.7. The van der Waals surface area contributed by atoms with Crippen molar-refractivity contribution in [2.24, 2.45) is 0 Å². The number of rotatable bonds is 15. The zero-order valence-electron chi connectivity index (χ0n) is 23.3. The zero-order chi connectivity index (χ0) is 28.2. The normalized spacial score (nSPS) is 14.9. The predicted molar refractivity (Wildman–Crippen MR) is 149 cm³/mol. The van der Waals surface area contributed by atoms with Crippen LogP contribution in [0.3, 0.4) is 0 Å². The summed E-state index contributed by atoms with van der Waals surface area (Å²) in [5.74, 6) is -0.316. The molecule has 1 aromatic heterocycles. The van der Waals surface area contributed by atoms with E-state index in [1.54, 1.807) is 29.6 Å². The number of amides is 1. The van der Waals surface area contributed by atoms with E-state index in [9.17, 15) is 9.59 Å². The van der Waals surface area contributed by atoms with E-state index >= 15 is 0 Å². The Hall–Kier alpha value is -3.62. The first kappa shape index (κ1) is 27.0. The molecule has 2 aromatic carbocycles. The van der Waals surface area contributed by atoms with Gasteiger partial charge in [-0.05, 0) is 55.5 Å². The number of hydrogen-bond donors (Lipinski definition) is 1. The third-order valence-corrected chi connectivity index (χ3v) is 6.75. The van der Waals surface area contributed by atoms with Gasteiger partial charge in [-0.1, -0.05) is 30.3 Å². The van der Waals surface area contributed by atoms with Crippen molar-refractivity contribution >= 4 is 11.9 Å². The number of para-hydroxylation sites is 1. The number of carbonyl (C=O) groups is 2. The van der Waals surface area contributed by atoms with E-state index in [4.69, 9.17) is 20.4 Å². The molecule has 1 aliphatic heterocycles. The number of furan rings is 1. The van der Waals surface area contributed by atoms with Crippen molar-refractivity contribution in [1.82, 2.24) is 9.80 Å². The van der Waals surface area contributed by atoms with Crippen molar-refractivity contribution < 1.29 is 30.0 Å². The SMILES string of the molecule is [2H]C(CCN1CCOCC1)N(Cc1ccccc1OCCCCCC(=O)O)C(=O)c1ccc(-c2ccoc2)cc1. The molecule has 0 spiro atoms. The van der Waals surface area contributed by atoms with Crippen molar-refractivity contribution in [2.45, 2.75) is 38.6 Å². The predicted octanol–water partition coefficient (Wildman–Crippen LogP) is 5.34. The number of hydrogen-bond acceptors (Lipinski definition) is 6. The number of unbranched alkanes of at least 4 members (excludes halogenated alkanes) is 2. The Balaban J connectivity index is 1.46. The van der Waals surface area contributed by atoms with Gasteiger partial charge in [0.1, 0.15) is 5.75 Å². The minimum atomic E-state index is -0.786. The topological polar surface area (TPSA) is 92.5 Å². The highest BCUT2D eigenvalue weighted by Crippen LogP contribution is 2.24.